The zero-order chi connectivity index (χ0) is 18.3. The zero-order valence-corrected chi connectivity index (χ0v) is 13.9. The highest BCUT2D eigenvalue weighted by Crippen LogP contribution is 2.24. The monoisotopic (exact) mass is 356 g/mol. The Labute approximate surface area is 146 Å². The van der Waals surface area contributed by atoms with Crippen molar-refractivity contribution in [2.45, 2.75) is 19.5 Å². The van der Waals surface area contributed by atoms with Gasteiger partial charge in [-0.15, -0.1) is 0 Å². The molecule has 132 valence electrons. The van der Waals surface area contributed by atoms with E-state index in [1.807, 2.05) is 23.5 Å². The van der Waals surface area contributed by atoms with Crippen molar-refractivity contribution in [1.82, 2.24) is 9.97 Å². The summed E-state index contributed by atoms with van der Waals surface area (Å²) in [6, 6.07) is 10.6. The molecule has 0 unspecified atom stereocenters. The molecule has 0 bridgehead atoms. The zero-order valence-electron chi connectivity index (χ0n) is 13.9. The number of quaternary nitrogens is 1. The standard InChI is InChI=1S/C19H15F2N3O2/c1-10(12-7-6-11(20)8-14(12)21)22-9-16-23-17-13-4-2-3-5-15(13)26-18(17)19(25)24-16/h2-8,10,22H,9H2,1H3,(H,23,24,25)/p+1/t10-/m1/s1. The summed E-state index contributed by atoms with van der Waals surface area (Å²) >= 11 is 0. The topological polar surface area (TPSA) is 75.5 Å². The SMILES string of the molecule is C[C@@H]([NH2+]Cc1nc2c(oc3ccccc32)c(=O)[nH]1)c1ccc(F)cc1F. The fourth-order valence-corrected chi connectivity index (χ4v) is 3.03. The molecule has 0 aliphatic rings. The number of rotatable bonds is 4. The molecule has 4 rings (SSSR count). The summed E-state index contributed by atoms with van der Waals surface area (Å²) in [5, 5.41) is 2.59. The van der Waals surface area contributed by atoms with Crippen molar-refractivity contribution in [1.29, 1.82) is 0 Å². The lowest BCUT2D eigenvalue weighted by Crippen LogP contribution is -2.83. The minimum Gasteiger partial charge on any atom is -0.449 e. The van der Waals surface area contributed by atoms with Crippen LogP contribution < -0.4 is 10.9 Å². The number of benzene rings is 2. The van der Waals surface area contributed by atoms with Gasteiger partial charge in [0.15, 0.2) is 5.82 Å². The molecule has 26 heavy (non-hydrogen) atoms. The maximum atomic E-state index is 13.9. The molecule has 2 heterocycles. The molecule has 4 aromatic rings. The van der Waals surface area contributed by atoms with E-state index >= 15 is 0 Å². The molecule has 0 spiro atoms. The summed E-state index contributed by atoms with van der Waals surface area (Å²) in [5.41, 5.74) is 1.34. The number of furan rings is 1. The van der Waals surface area contributed by atoms with E-state index in [-0.39, 0.29) is 17.2 Å². The van der Waals surface area contributed by atoms with E-state index in [0.717, 1.165) is 11.5 Å². The van der Waals surface area contributed by atoms with Gasteiger partial charge in [-0.25, -0.2) is 13.8 Å². The van der Waals surface area contributed by atoms with Crippen molar-refractivity contribution >= 4 is 22.1 Å². The molecule has 1 atom stereocenters. The van der Waals surface area contributed by atoms with Crippen LogP contribution in [0.5, 0.6) is 0 Å². The largest absolute Gasteiger partial charge is 0.449 e. The molecule has 7 heteroatoms. The molecule has 2 aromatic carbocycles. The van der Waals surface area contributed by atoms with Crippen molar-refractivity contribution in [2.24, 2.45) is 0 Å². The van der Waals surface area contributed by atoms with Crippen LogP contribution in [0.3, 0.4) is 0 Å². The number of halogens is 2. The lowest BCUT2D eigenvalue weighted by Gasteiger charge is -2.11. The van der Waals surface area contributed by atoms with Crippen LogP contribution in [-0.4, -0.2) is 9.97 Å². The molecule has 0 saturated heterocycles. The third-order valence-electron chi connectivity index (χ3n) is 4.40. The van der Waals surface area contributed by atoms with Crippen LogP contribution in [-0.2, 0) is 6.54 Å². The summed E-state index contributed by atoms with van der Waals surface area (Å²) in [6.45, 7) is 2.14. The maximum Gasteiger partial charge on any atom is 0.294 e. The number of nitrogens with zero attached hydrogens (tertiary/aromatic N) is 1. The van der Waals surface area contributed by atoms with Gasteiger partial charge in [0.1, 0.15) is 35.3 Å². The molecule has 0 aliphatic heterocycles. The number of fused-ring (bicyclic) bond motifs is 3. The normalized spacial score (nSPS) is 12.7. The summed E-state index contributed by atoms with van der Waals surface area (Å²) in [7, 11) is 0. The van der Waals surface area contributed by atoms with E-state index in [2.05, 4.69) is 9.97 Å². The second kappa shape index (κ2) is 6.34. The van der Waals surface area contributed by atoms with E-state index in [9.17, 15) is 13.6 Å². The Morgan fingerprint density at radius 2 is 2.04 bits per heavy atom. The van der Waals surface area contributed by atoms with Crippen LogP contribution in [0.25, 0.3) is 22.1 Å². The summed E-state index contributed by atoms with van der Waals surface area (Å²) < 4.78 is 32.5. The van der Waals surface area contributed by atoms with Crippen LogP contribution in [0.4, 0.5) is 8.78 Å². The lowest BCUT2D eigenvalue weighted by atomic mass is 10.1. The van der Waals surface area contributed by atoms with Crippen LogP contribution in [0.15, 0.2) is 51.7 Å². The van der Waals surface area contributed by atoms with Crippen molar-refractivity contribution in [3.05, 3.63) is 75.8 Å². The average molecular weight is 356 g/mol. The van der Waals surface area contributed by atoms with Gasteiger partial charge in [-0.3, -0.25) is 4.79 Å². The Balaban J connectivity index is 1.63. The van der Waals surface area contributed by atoms with Crippen molar-refractivity contribution in [2.75, 3.05) is 0 Å². The molecule has 0 aliphatic carbocycles. The highest BCUT2D eigenvalue weighted by molar-refractivity contribution is 6.01. The summed E-state index contributed by atoms with van der Waals surface area (Å²) in [5.74, 6) is -0.739. The van der Waals surface area contributed by atoms with Crippen LogP contribution in [0.2, 0.25) is 0 Å². The van der Waals surface area contributed by atoms with E-state index in [1.54, 1.807) is 13.0 Å². The molecule has 2 aromatic heterocycles. The van der Waals surface area contributed by atoms with E-state index in [0.29, 0.717) is 29.0 Å². The maximum absolute atomic E-state index is 13.9. The number of nitrogens with one attached hydrogen (secondary N) is 1. The molecule has 0 amide bonds. The number of para-hydroxylation sites is 1. The molecule has 3 N–H and O–H groups in total. The van der Waals surface area contributed by atoms with Gasteiger partial charge in [-0.05, 0) is 31.2 Å². The third-order valence-corrected chi connectivity index (χ3v) is 4.40. The van der Waals surface area contributed by atoms with Gasteiger partial charge in [-0.2, -0.15) is 0 Å². The number of aromatic amines is 1. The first kappa shape index (κ1) is 16.4. The number of aromatic nitrogens is 2. The van der Waals surface area contributed by atoms with Crippen molar-refractivity contribution in [3.8, 4) is 0 Å². The van der Waals surface area contributed by atoms with Crippen LogP contribution in [0, 0.1) is 11.6 Å². The predicted octanol–water partition coefficient (Wildman–Crippen LogP) is 2.77. The first-order valence-corrected chi connectivity index (χ1v) is 8.21. The number of nitrogens with two attached hydrogens (primary N) is 1. The first-order chi connectivity index (χ1) is 12.5. The minimum absolute atomic E-state index is 0.188. The van der Waals surface area contributed by atoms with Gasteiger partial charge in [-0.1, -0.05) is 12.1 Å². The summed E-state index contributed by atoms with van der Waals surface area (Å²) in [6.07, 6.45) is 0. The smallest absolute Gasteiger partial charge is 0.294 e. The predicted molar refractivity (Wildman–Crippen MR) is 92.5 cm³/mol. The fraction of sp³-hybridized carbons (Fsp3) is 0.158. The van der Waals surface area contributed by atoms with Gasteiger partial charge in [0.2, 0.25) is 5.58 Å². The Morgan fingerprint density at radius 3 is 2.85 bits per heavy atom. The third kappa shape index (κ3) is 2.86. The van der Waals surface area contributed by atoms with Gasteiger partial charge in [0, 0.05) is 17.0 Å². The van der Waals surface area contributed by atoms with E-state index in [1.165, 1.54) is 12.1 Å². The minimum atomic E-state index is -0.610. The first-order valence-electron chi connectivity index (χ1n) is 8.21. The van der Waals surface area contributed by atoms with Gasteiger partial charge in [0.05, 0.1) is 0 Å². The van der Waals surface area contributed by atoms with Gasteiger partial charge >= 0.3 is 0 Å². The van der Waals surface area contributed by atoms with Crippen LogP contribution in [0.1, 0.15) is 24.4 Å². The van der Waals surface area contributed by atoms with Gasteiger partial charge in [0.25, 0.3) is 5.56 Å². The highest BCUT2D eigenvalue weighted by atomic mass is 19.1. The molecule has 0 radical (unpaired) electrons. The Morgan fingerprint density at radius 1 is 1.23 bits per heavy atom. The Bertz CT molecular complexity index is 1170. The fourth-order valence-electron chi connectivity index (χ4n) is 3.03. The van der Waals surface area contributed by atoms with Gasteiger partial charge < -0.3 is 14.7 Å². The number of hydrogen-bond donors (Lipinski definition) is 2. The second-order valence-corrected chi connectivity index (χ2v) is 6.18. The molecule has 0 saturated carbocycles. The molecule has 5 nitrogen and oxygen atoms in total. The Hall–Kier alpha value is -3.06. The lowest BCUT2D eigenvalue weighted by molar-refractivity contribution is -0.709. The highest BCUT2D eigenvalue weighted by Gasteiger charge is 2.17. The van der Waals surface area contributed by atoms with Crippen LogP contribution >= 0.6 is 0 Å². The average Bonchev–Trinajstić information content (AvgIpc) is 2.99. The second-order valence-electron chi connectivity index (χ2n) is 6.18. The van der Waals surface area contributed by atoms with Crippen molar-refractivity contribution < 1.29 is 18.5 Å². The molecular formula is C19H16F2N3O2+. The molecular weight excluding hydrogens is 340 g/mol. The molecule has 0 fully saturated rings. The van der Waals surface area contributed by atoms with E-state index in [4.69, 9.17) is 4.42 Å². The quantitative estimate of drug-likeness (QED) is 0.590. The Kier molecular flexibility index (Phi) is 4.00. The van der Waals surface area contributed by atoms with E-state index < -0.39 is 11.6 Å². The van der Waals surface area contributed by atoms with Crippen molar-refractivity contribution in [3.63, 3.8) is 0 Å². The number of H-pyrrole nitrogens is 1. The number of hydrogen-bond acceptors (Lipinski definition) is 3. The summed E-state index contributed by atoms with van der Waals surface area (Å²) in [4.78, 5) is 19.5.